The van der Waals surface area contributed by atoms with Crippen LogP contribution in [-0.2, 0) is 4.79 Å². The lowest BCUT2D eigenvalue weighted by Crippen LogP contribution is -2.39. The maximum atomic E-state index is 11.9. The molecule has 13 heavy (non-hydrogen) atoms. The second-order valence-corrected chi connectivity index (χ2v) is 5.08. The minimum Gasteiger partial charge on any atom is -0.337 e. The molecule has 2 saturated carbocycles. The molecule has 0 N–H and O–H groups in total. The molecule has 0 aromatic carbocycles. The Morgan fingerprint density at radius 2 is 2.15 bits per heavy atom. The fourth-order valence-corrected chi connectivity index (χ4v) is 2.98. The van der Waals surface area contributed by atoms with Gasteiger partial charge in [-0.2, -0.15) is 0 Å². The van der Waals surface area contributed by atoms with Crippen LogP contribution in [0.4, 0.5) is 0 Å². The lowest BCUT2D eigenvalue weighted by atomic mass is 10.1. The highest BCUT2D eigenvalue weighted by molar-refractivity contribution is 5.82. The standard InChI is InChI=1S/C11H17NO/c1-8-7-11(8)5-2-6-12(11)10(13)9-3-4-9/h8-9H,2-7H2,1H3/t8-,11?/m1/s1. The van der Waals surface area contributed by atoms with E-state index in [4.69, 9.17) is 0 Å². The summed E-state index contributed by atoms with van der Waals surface area (Å²) >= 11 is 0. The zero-order valence-corrected chi connectivity index (χ0v) is 8.25. The minimum absolute atomic E-state index is 0.347. The molecule has 0 aromatic heterocycles. The molecule has 2 atom stereocenters. The molecule has 1 saturated heterocycles. The number of hydrogen-bond donors (Lipinski definition) is 0. The maximum Gasteiger partial charge on any atom is 0.226 e. The molecule has 3 rings (SSSR count). The Bertz CT molecular complexity index is 259. The topological polar surface area (TPSA) is 20.3 Å². The fraction of sp³-hybridized carbons (Fsp3) is 0.909. The lowest BCUT2D eigenvalue weighted by molar-refractivity contribution is -0.134. The van der Waals surface area contributed by atoms with Crippen molar-refractivity contribution in [3.63, 3.8) is 0 Å². The van der Waals surface area contributed by atoms with Crippen molar-refractivity contribution in [2.75, 3.05) is 6.54 Å². The van der Waals surface area contributed by atoms with Crippen molar-refractivity contribution >= 4 is 5.91 Å². The van der Waals surface area contributed by atoms with Crippen LogP contribution in [0.3, 0.4) is 0 Å². The van der Waals surface area contributed by atoms with Crippen molar-refractivity contribution < 1.29 is 4.79 Å². The molecule has 2 nitrogen and oxygen atoms in total. The smallest absolute Gasteiger partial charge is 0.226 e. The molecule has 2 heteroatoms. The molecule has 0 bridgehead atoms. The molecule has 0 aromatic rings. The van der Waals surface area contributed by atoms with Gasteiger partial charge in [0.2, 0.25) is 5.91 Å². The van der Waals surface area contributed by atoms with E-state index >= 15 is 0 Å². The number of hydrogen-bond acceptors (Lipinski definition) is 1. The van der Waals surface area contributed by atoms with Gasteiger partial charge in [-0.1, -0.05) is 6.92 Å². The van der Waals surface area contributed by atoms with Crippen LogP contribution in [0, 0.1) is 11.8 Å². The van der Waals surface area contributed by atoms with Gasteiger partial charge in [0.05, 0.1) is 0 Å². The predicted molar refractivity (Wildman–Crippen MR) is 50.2 cm³/mol. The summed E-state index contributed by atoms with van der Waals surface area (Å²) in [5.74, 6) is 1.67. The Kier molecular flexibility index (Phi) is 1.38. The Morgan fingerprint density at radius 1 is 1.46 bits per heavy atom. The van der Waals surface area contributed by atoms with E-state index in [1.165, 1.54) is 19.3 Å². The first kappa shape index (κ1) is 7.84. The summed E-state index contributed by atoms with van der Waals surface area (Å²) in [6.07, 6.45) is 6.08. The van der Waals surface area contributed by atoms with Gasteiger partial charge < -0.3 is 4.90 Å². The van der Waals surface area contributed by atoms with E-state index in [0.29, 0.717) is 17.4 Å². The number of amides is 1. The summed E-state index contributed by atoms with van der Waals surface area (Å²) in [4.78, 5) is 14.2. The molecule has 3 aliphatic rings. The summed E-state index contributed by atoms with van der Waals surface area (Å²) in [5, 5.41) is 0. The van der Waals surface area contributed by atoms with Crippen LogP contribution < -0.4 is 0 Å². The van der Waals surface area contributed by atoms with Crippen LogP contribution in [0.25, 0.3) is 0 Å². The molecule has 1 heterocycles. The van der Waals surface area contributed by atoms with E-state index in [1.54, 1.807) is 0 Å². The van der Waals surface area contributed by atoms with Gasteiger partial charge in [0.25, 0.3) is 0 Å². The van der Waals surface area contributed by atoms with Crippen molar-refractivity contribution in [3.8, 4) is 0 Å². The Hall–Kier alpha value is -0.530. The first-order valence-corrected chi connectivity index (χ1v) is 5.55. The second kappa shape index (κ2) is 2.28. The van der Waals surface area contributed by atoms with E-state index in [9.17, 15) is 4.79 Å². The van der Waals surface area contributed by atoms with E-state index < -0.39 is 0 Å². The number of carbonyl (C=O) groups is 1. The highest BCUT2D eigenvalue weighted by Crippen LogP contribution is 2.55. The lowest BCUT2D eigenvalue weighted by Gasteiger charge is -2.25. The van der Waals surface area contributed by atoms with Crippen molar-refractivity contribution in [1.29, 1.82) is 0 Å². The number of nitrogens with zero attached hydrogens (tertiary/aromatic N) is 1. The van der Waals surface area contributed by atoms with E-state index in [-0.39, 0.29) is 0 Å². The maximum absolute atomic E-state index is 11.9. The summed E-state index contributed by atoms with van der Waals surface area (Å²) in [7, 11) is 0. The van der Waals surface area contributed by atoms with Gasteiger partial charge in [-0.05, 0) is 38.0 Å². The van der Waals surface area contributed by atoms with Crippen molar-refractivity contribution in [2.45, 2.75) is 44.6 Å². The van der Waals surface area contributed by atoms with Crippen LogP contribution in [-0.4, -0.2) is 22.9 Å². The molecule has 1 unspecified atom stereocenters. The molecular formula is C11H17NO. The van der Waals surface area contributed by atoms with Gasteiger partial charge in [0.1, 0.15) is 0 Å². The van der Waals surface area contributed by atoms with Crippen LogP contribution in [0.2, 0.25) is 0 Å². The highest BCUT2D eigenvalue weighted by atomic mass is 16.2. The Morgan fingerprint density at radius 3 is 2.69 bits per heavy atom. The van der Waals surface area contributed by atoms with Gasteiger partial charge in [0.15, 0.2) is 0 Å². The van der Waals surface area contributed by atoms with Crippen molar-refractivity contribution in [3.05, 3.63) is 0 Å². The molecule has 1 aliphatic heterocycles. The van der Waals surface area contributed by atoms with E-state index in [2.05, 4.69) is 11.8 Å². The zero-order chi connectivity index (χ0) is 9.05. The van der Waals surface area contributed by atoms with Gasteiger partial charge >= 0.3 is 0 Å². The van der Waals surface area contributed by atoms with Gasteiger partial charge in [-0.15, -0.1) is 0 Å². The summed E-state index contributed by atoms with van der Waals surface area (Å²) < 4.78 is 0. The molecule has 1 spiro atoms. The SMILES string of the molecule is C[C@@H]1CC12CCCN2C(=O)C1CC1. The third-order valence-electron chi connectivity index (χ3n) is 4.14. The molecule has 3 fully saturated rings. The van der Waals surface area contributed by atoms with Crippen LogP contribution in [0.5, 0.6) is 0 Å². The number of rotatable bonds is 1. The minimum atomic E-state index is 0.347. The number of likely N-dealkylation sites (tertiary alicyclic amines) is 1. The molecule has 2 aliphatic carbocycles. The monoisotopic (exact) mass is 179 g/mol. The largest absolute Gasteiger partial charge is 0.337 e. The third kappa shape index (κ3) is 0.976. The quantitative estimate of drug-likeness (QED) is 0.601. The molecule has 0 radical (unpaired) electrons. The van der Waals surface area contributed by atoms with E-state index in [1.807, 2.05) is 0 Å². The Labute approximate surface area is 79.3 Å². The van der Waals surface area contributed by atoms with Crippen molar-refractivity contribution in [1.82, 2.24) is 4.90 Å². The summed E-state index contributed by atoms with van der Waals surface area (Å²) in [5.41, 5.74) is 0.347. The molecule has 1 amide bonds. The third-order valence-corrected chi connectivity index (χ3v) is 4.14. The van der Waals surface area contributed by atoms with Crippen LogP contribution in [0.15, 0.2) is 0 Å². The average molecular weight is 179 g/mol. The van der Waals surface area contributed by atoms with Crippen LogP contribution >= 0.6 is 0 Å². The van der Waals surface area contributed by atoms with Crippen LogP contribution in [0.1, 0.15) is 39.0 Å². The van der Waals surface area contributed by atoms with Crippen molar-refractivity contribution in [2.24, 2.45) is 11.8 Å². The normalized spacial score (nSPS) is 42.8. The second-order valence-electron chi connectivity index (χ2n) is 5.08. The van der Waals surface area contributed by atoms with Gasteiger partial charge in [-0.3, -0.25) is 4.79 Å². The average Bonchev–Trinajstić information content (AvgIpc) is 2.96. The highest BCUT2D eigenvalue weighted by Gasteiger charge is 2.60. The molecule has 72 valence electrons. The summed E-state index contributed by atoms with van der Waals surface area (Å²) in [6.45, 7) is 3.33. The fourth-order valence-electron chi connectivity index (χ4n) is 2.98. The van der Waals surface area contributed by atoms with Gasteiger partial charge in [0, 0.05) is 18.0 Å². The summed E-state index contributed by atoms with van der Waals surface area (Å²) in [6, 6.07) is 0. The first-order valence-electron chi connectivity index (χ1n) is 5.55. The van der Waals surface area contributed by atoms with E-state index in [0.717, 1.165) is 25.3 Å². The predicted octanol–water partition coefficient (Wildman–Crippen LogP) is 1.80. The number of carbonyl (C=O) groups excluding carboxylic acids is 1. The Balaban J connectivity index is 1.79. The zero-order valence-electron chi connectivity index (χ0n) is 8.25. The molecular weight excluding hydrogens is 162 g/mol. The first-order chi connectivity index (χ1) is 6.24. The van der Waals surface area contributed by atoms with Gasteiger partial charge in [-0.25, -0.2) is 0 Å².